The molecule has 0 radical (unpaired) electrons. The number of imidazole rings is 1. The zero-order chi connectivity index (χ0) is 17.1. The van der Waals surface area contributed by atoms with Crippen LogP contribution in [0.15, 0.2) is 18.7 Å². The molecular formula is C15H19N5O3S. The molecule has 1 aliphatic heterocycles. The number of nitrogens with two attached hydrogens (primary N) is 1. The van der Waals surface area contributed by atoms with E-state index < -0.39 is 5.91 Å². The Bertz CT molecular complexity index is 735. The lowest BCUT2D eigenvalue weighted by atomic mass is 10.2. The van der Waals surface area contributed by atoms with Crippen LogP contribution in [0.5, 0.6) is 5.75 Å². The molecule has 0 aromatic carbocycles. The molecule has 3 heterocycles. The van der Waals surface area contributed by atoms with Crippen LogP contribution < -0.4 is 10.5 Å². The number of aromatic nitrogens is 4. The maximum Gasteiger partial charge on any atom is 0.274 e. The summed E-state index contributed by atoms with van der Waals surface area (Å²) < 4.78 is 14.6. The van der Waals surface area contributed by atoms with Gasteiger partial charge in [-0.05, 0) is 37.9 Å². The molecule has 1 aliphatic rings. The van der Waals surface area contributed by atoms with Crippen molar-refractivity contribution >= 4 is 23.3 Å². The van der Waals surface area contributed by atoms with E-state index in [1.807, 2.05) is 6.92 Å². The third kappa shape index (κ3) is 3.17. The van der Waals surface area contributed by atoms with Gasteiger partial charge < -0.3 is 15.2 Å². The molecule has 2 aromatic heterocycles. The van der Waals surface area contributed by atoms with Gasteiger partial charge in [-0.3, -0.25) is 9.36 Å². The highest BCUT2D eigenvalue weighted by molar-refractivity contribution is 7.80. The molecule has 1 amide bonds. The number of rotatable bonds is 4. The summed E-state index contributed by atoms with van der Waals surface area (Å²) in [6.45, 7) is 2.56. The molecule has 0 spiro atoms. The van der Waals surface area contributed by atoms with Crippen molar-refractivity contribution in [2.24, 2.45) is 5.73 Å². The van der Waals surface area contributed by atoms with Crippen molar-refractivity contribution in [1.82, 2.24) is 19.3 Å². The maximum absolute atomic E-state index is 12.0. The van der Waals surface area contributed by atoms with Crippen molar-refractivity contribution in [3.8, 4) is 5.75 Å². The summed E-state index contributed by atoms with van der Waals surface area (Å²) in [5, 5.41) is 4.64. The van der Waals surface area contributed by atoms with Gasteiger partial charge in [0, 0.05) is 19.0 Å². The van der Waals surface area contributed by atoms with E-state index in [0.717, 1.165) is 19.3 Å². The Morgan fingerprint density at radius 3 is 2.96 bits per heavy atom. The maximum atomic E-state index is 12.0. The van der Waals surface area contributed by atoms with Crippen molar-refractivity contribution in [1.29, 1.82) is 0 Å². The average Bonchev–Trinajstić information content (AvgIpc) is 3.23. The number of hydrogen-bond acceptors (Lipinski definition) is 6. The highest BCUT2D eigenvalue weighted by atomic mass is 32.1. The first-order valence-corrected chi connectivity index (χ1v) is 8.25. The van der Waals surface area contributed by atoms with Crippen LogP contribution >= 0.6 is 12.2 Å². The van der Waals surface area contributed by atoms with Crippen LogP contribution in [-0.4, -0.2) is 37.0 Å². The highest BCUT2D eigenvalue weighted by Crippen LogP contribution is 2.31. The Kier molecular flexibility index (Phi) is 4.91. The van der Waals surface area contributed by atoms with Crippen LogP contribution in [0.25, 0.3) is 0 Å². The summed E-state index contributed by atoms with van der Waals surface area (Å²) in [6.07, 6.45) is 7.81. The number of hydrogen-bond donors (Lipinski definition) is 1. The minimum atomic E-state index is -0.625. The topological polar surface area (TPSA) is 97.2 Å². The monoisotopic (exact) mass is 349 g/mol. The minimum absolute atomic E-state index is 0.147. The number of ether oxygens (including phenoxy) is 2. The normalized spacial score (nSPS) is 17.6. The van der Waals surface area contributed by atoms with Gasteiger partial charge in [0.2, 0.25) is 0 Å². The molecule has 128 valence electrons. The van der Waals surface area contributed by atoms with E-state index in [1.165, 1.54) is 15.6 Å². The quantitative estimate of drug-likeness (QED) is 0.843. The van der Waals surface area contributed by atoms with Crippen molar-refractivity contribution in [3.05, 3.63) is 30.1 Å². The number of carbonyl (C=O) groups is 1. The van der Waals surface area contributed by atoms with Crippen LogP contribution in [0, 0.1) is 0 Å². The first-order valence-electron chi connectivity index (χ1n) is 7.84. The fraction of sp³-hybridized carbons (Fsp3) is 0.467. The van der Waals surface area contributed by atoms with Gasteiger partial charge in [-0.25, -0.2) is 9.67 Å². The lowest BCUT2D eigenvalue weighted by Gasteiger charge is -2.23. The summed E-state index contributed by atoms with van der Waals surface area (Å²) >= 11 is 5.26. The van der Waals surface area contributed by atoms with E-state index in [2.05, 4.69) is 10.1 Å². The van der Waals surface area contributed by atoms with E-state index in [4.69, 9.17) is 27.4 Å². The predicted octanol–water partition coefficient (Wildman–Crippen LogP) is 1.65. The molecule has 2 N–H and O–H groups in total. The van der Waals surface area contributed by atoms with Gasteiger partial charge in [0.15, 0.2) is 17.7 Å². The van der Waals surface area contributed by atoms with Gasteiger partial charge >= 0.3 is 0 Å². The third-order valence-electron chi connectivity index (χ3n) is 3.84. The smallest absolute Gasteiger partial charge is 0.274 e. The van der Waals surface area contributed by atoms with Crippen molar-refractivity contribution in [2.75, 3.05) is 6.61 Å². The molecule has 0 bridgehead atoms. The molecular weight excluding hydrogens is 330 g/mol. The van der Waals surface area contributed by atoms with Crippen LogP contribution in [0.1, 0.15) is 48.6 Å². The van der Waals surface area contributed by atoms with Gasteiger partial charge in [0.1, 0.15) is 12.0 Å². The number of aryl methyl sites for hydroxylation is 1. The second kappa shape index (κ2) is 7.10. The summed E-state index contributed by atoms with van der Waals surface area (Å²) in [7, 11) is 0. The molecule has 0 saturated carbocycles. The van der Waals surface area contributed by atoms with E-state index >= 15 is 0 Å². The van der Waals surface area contributed by atoms with Gasteiger partial charge in [-0.15, -0.1) is 0 Å². The van der Waals surface area contributed by atoms with E-state index in [0.29, 0.717) is 18.7 Å². The first kappa shape index (κ1) is 16.6. The van der Waals surface area contributed by atoms with Crippen molar-refractivity contribution < 1.29 is 14.3 Å². The molecule has 8 nitrogen and oxygen atoms in total. The standard InChI is InChI=1S/C15H19N5O3S/c1-2-10-13(23-15(24)19-7-6-17-9-19)12(14(16)21)20(18-10)11-5-3-4-8-22-11/h6-7,9,11H,2-5,8H2,1H3,(H2,16,21). The number of amides is 1. The summed E-state index contributed by atoms with van der Waals surface area (Å²) in [6, 6.07) is 0. The SMILES string of the molecule is CCc1nn(C2CCCCO2)c(C(N)=O)c1OC(=S)n1ccnc1. The highest BCUT2D eigenvalue weighted by Gasteiger charge is 2.29. The number of primary amides is 1. The zero-order valence-electron chi connectivity index (χ0n) is 13.3. The number of nitrogens with zero attached hydrogens (tertiary/aromatic N) is 4. The molecule has 1 atom stereocenters. The summed E-state index contributed by atoms with van der Waals surface area (Å²) in [5.41, 5.74) is 6.38. The van der Waals surface area contributed by atoms with Gasteiger partial charge in [-0.1, -0.05) is 6.92 Å². The molecule has 9 heteroatoms. The lowest BCUT2D eigenvalue weighted by molar-refractivity contribution is -0.0407. The molecule has 1 saturated heterocycles. The Balaban J connectivity index is 1.98. The average molecular weight is 349 g/mol. The largest absolute Gasteiger partial charge is 0.427 e. The van der Waals surface area contributed by atoms with E-state index in [1.54, 1.807) is 12.4 Å². The van der Waals surface area contributed by atoms with E-state index in [-0.39, 0.29) is 22.8 Å². The Labute approximate surface area is 144 Å². The molecule has 1 fully saturated rings. The van der Waals surface area contributed by atoms with Crippen LogP contribution in [0.3, 0.4) is 0 Å². The van der Waals surface area contributed by atoms with Crippen molar-refractivity contribution in [3.63, 3.8) is 0 Å². The van der Waals surface area contributed by atoms with Crippen LogP contribution in [-0.2, 0) is 11.2 Å². The Morgan fingerprint density at radius 1 is 1.54 bits per heavy atom. The Morgan fingerprint density at radius 2 is 2.38 bits per heavy atom. The summed E-state index contributed by atoms with van der Waals surface area (Å²) in [4.78, 5) is 16.0. The van der Waals surface area contributed by atoms with Gasteiger partial charge in [-0.2, -0.15) is 5.10 Å². The molecule has 1 unspecified atom stereocenters. The second-order valence-electron chi connectivity index (χ2n) is 5.45. The predicted molar refractivity (Wildman–Crippen MR) is 89.8 cm³/mol. The fourth-order valence-electron chi connectivity index (χ4n) is 2.66. The lowest BCUT2D eigenvalue weighted by Crippen LogP contribution is -2.26. The molecule has 0 aliphatic carbocycles. The van der Waals surface area contributed by atoms with Crippen LogP contribution in [0.2, 0.25) is 0 Å². The minimum Gasteiger partial charge on any atom is -0.427 e. The summed E-state index contributed by atoms with van der Waals surface area (Å²) in [5.74, 6) is -0.335. The van der Waals surface area contributed by atoms with Crippen LogP contribution in [0.4, 0.5) is 0 Å². The van der Waals surface area contributed by atoms with E-state index in [9.17, 15) is 4.79 Å². The zero-order valence-corrected chi connectivity index (χ0v) is 14.2. The second-order valence-corrected chi connectivity index (χ2v) is 5.80. The van der Waals surface area contributed by atoms with Gasteiger partial charge in [0.25, 0.3) is 11.1 Å². The molecule has 3 rings (SSSR count). The first-order chi connectivity index (χ1) is 11.6. The fourth-order valence-corrected chi connectivity index (χ4v) is 2.85. The molecule has 2 aromatic rings. The number of carbonyl (C=O) groups excluding carboxylic acids is 1. The number of thiocarbonyl (C=S) groups is 1. The van der Waals surface area contributed by atoms with Crippen molar-refractivity contribution in [2.45, 2.75) is 38.8 Å². The Hall–Kier alpha value is -2.26. The molecule has 24 heavy (non-hydrogen) atoms. The van der Waals surface area contributed by atoms with Gasteiger partial charge in [0.05, 0.1) is 0 Å². The third-order valence-corrected chi connectivity index (χ3v) is 4.13.